The van der Waals surface area contributed by atoms with Gasteiger partial charge in [0.2, 0.25) is 0 Å². The first-order valence-corrected chi connectivity index (χ1v) is 5.75. The third kappa shape index (κ3) is 1.97. The number of aromatic nitrogens is 3. The van der Waals surface area contributed by atoms with Gasteiger partial charge in [0, 0.05) is 11.7 Å². The molecule has 0 bridgehead atoms. The number of aryl methyl sites for hydroxylation is 1. The van der Waals surface area contributed by atoms with Crippen LogP contribution < -0.4 is 0 Å². The summed E-state index contributed by atoms with van der Waals surface area (Å²) in [6.45, 7) is 2.32. The van der Waals surface area contributed by atoms with E-state index in [1.54, 1.807) is 18.2 Å². The Morgan fingerprint density at radius 1 is 1.37 bits per heavy atom. The highest BCUT2D eigenvalue weighted by molar-refractivity contribution is 5.93. The fraction of sp³-hybridized carbons (Fsp3) is 0.154. The molecule has 1 N–H and O–H groups in total. The number of aromatic carboxylic acids is 1. The molecule has 3 rings (SSSR count). The number of hydrogen-bond donors (Lipinski definition) is 1. The summed E-state index contributed by atoms with van der Waals surface area (Å²) in [4.78, 5) is 11.0. The molecule has 19 heavy (non-hydrogen) atoms. The van der Waals surface area contributed by atoms with Crippen molar-refractivity contribution in [1.82, 2.24) is 14.9 Å². The number of carboxylic acids is 1. The lowest BCUT2D eigenvalue weighted by Crippen LogP contribution is -2.01. The molecule has 0 saturated carbocycles. The van der Waals surface area contributed by atoms with Crippen LogP contribution in [0.3, 0.4) is 0 Å². The third-order valence-corrected chi connectivity index (χ3v) is 3.09. The zero-order chi connectivity index (χ0) is 13.4. The Kier molecular flexibility index (Phi) is 2.56. The van der Waals surface area contributed by atoms with Crippen LogP contribution >= 0.6 is 0 Å². The van der Waals surface area contributed by atoms with Crippen LogP contribution in [-0.2, 0) is 6.54 Å². The van der Waals surface area contributed by atoms with E-state index in [2.05, 4.69) is 14.9 Å². The van der Waals surface area contributed by atoms with Crippen LogP contribution in [0.4, 0.5) is 0 Å². The Morgan fingerprint density at radius 3 is 2.89 bits per heavy atom. The number of hydrogen-bond acceptors (Lipinski definition) is 4. The van der Waals surface area contributed by atoms with Crippen molar-refractivity contribution in [3.05, 3.63) is 47.4 Å². The fourth-order valence-electron chi connectivity index (χ4n) is 2.01. The minimum Gasteiger partial charge on any atom is -0.478 e. The number of carboxylic acid groups (broad SMARTS) is 1. The van der Waals surface area contributed by atoms with Gasteiger partial charge in [-0.25, -0.2) is 9.42 Å². The highest BCUT2D eigenvalue weighted by Gasteiger charge is 2.10. The van der Waals surface area contributed by atoms with Crippen LogP contribution in [0.5, 0.6) is 0 Å². The molecule has 0 saturated heterocycles. The maximum absolute atomic E-state index is 11.0. The monoisotopic (exact) mass is 257 g/mol. The van der Waals surface area contributed by atoms with Gasteiger partial charge in [-0.3, -0.25) is 0 Å². The van der Waals surface area contributed by atoms with E-state index in [1.165, 1.54) is 0 Å². The minimum atomic E-state index is -0.936. The molecular formula is C13H11N3O3. The van der Waals surface area contributed by atoms with E-state index >= 15 is 0 Å². The number of rotatable bonds is 3. The van der Waals surface area contributed by atoms with Gasteiger partial charge in [0.15, 0.2) is 0 Å². The molecule has 6 heteroatoms. The predicted octanol–water partition coefficient (Wildman–Crippen LogP) is 2.08. The molecule has 0 unspecified atom stereocenters. The highest BCUT2D eigenvalue weighted by Crippen LogP contribution is 2.19. The van der Waals surface area contributed by atoms with Crippen molar-refractivity contribution in [2.45, 2.75) is 13.5 Å². The zero-order valence-corrected chi connectivity index (χ0v) is 10.2. The Hall–Kier alpha value is -2.63. The van der Waals surface area contributed by atoms with Gasteiger partial charge < -0.3 is 9.67 Å². The van der Waals surface area contributed by atoms with Crippen molar-refractivity contribution < 1.29 is 14.5 Å². The van der Waals surface area contributed by atoms with E-state index in [0.29, 0.717) is 6.54 Å². The third-order valence-electron chi connectivity index (χ3n) is 3.09. The zero-order valence-electron chi connectivity index (χ0n) is 10.2. The van der Waals surface area contributed by atoms with E-state index in [9.17, 15) is 4.79 Å². The average Bonchev–Trinajstić information content (AvgIpc) is 2.97. The first kappa shape index (κ1) is 11.5. The van der Waals surface area contributed by atoms with Crippen molar-refractivity contribution in [2.75, 3.05) is 0 Å². The van der Waals surface area contributed by atoms with Crippen LogP contribution in [0.1, 0.15) is 21.7 Å². The molecule has 0 aliphatic carbocycles. The number of carbonyl (C=O) groups is 1. The summed E-state index contributed by atoms with van der Waals surface area (Å²) in [6.07, 6.45) is 1.89. The van der Waals surface area contributed by atoms with E-state index in [1.807, 2.05) is 23.8 Å². The molecule has 2 heterocycles. The van der Waals surface area contributed by atoms with Gasteiger partial charge in [0.1, 0.15) is 11.4 Å². The van der Waals surface area contributed by atoms with Gasteiger partial charge in [-0.15, -0.1) is 0 Å². The van der Waals surface area contributed by atoms with E-state index in [4.69, 9.17) is 5.11 Å². The van der Waals surface area contributed by atoms with Gasteiger partial charge in [0.25, 0.3) is 0 Å². The van der Waals surface area contributed by atoms with E-state index < -0.39 is 5.97 Å². The Bertz CT molecular complexity index is 757. The quantitative estimate of drug-likeness (QED) is 0.776. The predicted molar refractivity (Wildman–Crippen MR) is 67.0 cm³/mol. The van der Waals surface area contributed by atoms with Crippen molar-refractivity contribution in [3.8, 4) is 0 Å². The van der Waals surface area contributed by atoms with Crippen molar-refractivity contribution >= 4 is 16.9 Å². The van der Waals surface area contributed by atoms with Crippen LogP contribution in [-0.4, -0.2) is 26.0 Å². The smallest absolute Gasteiger partial charge is 0.335 e. The topological polar surface area (TPSA) is 81.2 Å². The van der Waals surface area contributed by atoms with Crippen molar-refractivity contribution in [1.29, 1.82) is 0 Å². The van der Waals surface area contributed by atoms with Gasteiger partial charge in [-0.05, 0) is 30.5 Å². The average molecular weight is 257 g/mol. The second-order valence-corrected chi connectivity index (χ2v) is 4.32. The molecule has 0 radical (unpaired) electrons. The molecule has 0 aliphatic rings. The van der Waals surface area contributed by atoms with Crippen LogP contribution in [0.2, 0.25) is 0 Å². The summed E-state index contributed by atoms with van der Waals surface area (Å²) in [5, 5.41) is 17.6. The summed E-state index contributed by atoms with van der Waals surface area (Å²) >= 11 is 0. The first-order chi connectivity index (χ1) is 9.15. The van der Waals surface area contributed by atoms with E-state index in [-0.39, 0.29) is 5.56 Å². The first-order valence-electron chi connectivity index (χ1n) is 5.75. The Balaban J connectivity index is 2.06. The molecule has 0 fully saturated rings. The van der Waals surface area contributed by atoms with Crippen LogP contribution in [0, 0.1) is 6.92 Å². The second kappa shape index (κ2) is 4.24. The van der Waals surface area contributed by atoms with Crippen molar-refractivity contribution in [3.63, 3.8) is 0 Å². The normalized spacial score (nSPS) is 11.0. The molecule has 0 aliphatic heterocycles. The summed E-state index contributed by atoms with van der Waals surface area (Å²) in [5.41, 5.74) is 2.58. The van der Waals surface area contributed by atoms with Gasteiger partial charge in [0.05, 0.1) is 12.1 Å². The van der Waals surface area contributed by atoms with Crippen LogP contribution in [0.15, 0.2) is 35.1 Å². The van der Waals surface area contributed by atoms with Gasteiger partial charge in [-0.1, -0.05) is 16.4 Å². The largest absolute Gasteiger partial charge is 0.478 e. The molecule has 1 aromatic carbocycles. The molecule has 96 valence electrons. The molecule has 3 aromatic rings. The maximum atomic E-state index is 11.0. The molecular weight excluding hydrogens is 246 g/mol. The lowest BCUT2D eigenvalue weighted by molar-refractivity contribution is 0.0697. The van der Waals surface area contributed by atoms with Gasteiger partial charge in [-0.2, -0.15) is 0 Å². The summed E-state index contributed by atoms with van der Waals surface area (Å²) in [6, 6.07) is 6.98. The fourth-order valence-corrected chi connectivity index (χ4v) is 2.01. The lowest BCUT2D eigenvalue weighted by atomic mass is 10.1. The van der Waals surface area contributed by atoms with Crippen molar-refractivity contribution in [2.24, 2.45) is 0 Å². The van der Waals surface area contributed by atoms with Gasteiger partial charge >= 0.3 is 5.97 Å². The van der Waals surface area contributed by atoms with E-state index in [0.717, 1.165) is 22.3 Å². The molecule has 0 amide bonds. The minimum absolute atomic E-state index is 0.266. The Morgan fingerprint density at radius 2 is 2.21 bits per heavy atom. The van der Waals surface area contributed by atoms with Crippen LogP contribution in [0.25, 0.3) is 10.9 Å². The summed E-state index contributed by atoms with van der Waals surface area (Å²) in [5.74, 6) is -0.936. The molecule has 2 aromatic heterocycles. The Labute approximate surface area is 108 Å². The number of fused-ring (bicyclic) bond motifs is 1. The molecule has 0 spiro atoms. The summed E-state index contributed by atoms with van der Waals surface area (Å²) in [7, 11) is 0. The SMILES string of the molecule is Cc1nonc1Cn1ccc2ccc(C(=O)O)cc21. The number of nitrogens with zero attached hydrogens (tertiary/aromatic N) is 3. The number of benzene rings is 1. The summed E-state index contributed by atoms with van der Waals surface area (Å²) < 4.78 is 6.59. The second-order valence-electron chi connectivity index (χ2n) is 4.32. The lowest BCUT2D eigenvalue weighted by Gasteiger charge is -2.03. The maximum Gasteiger partial charge on any atom is 0.335 e. The highest BCUT2D eigenvalue weighted by atomic mass is 16.6. The molecule has 6 nitrogen and oxygen atoms in total. The molecule has 0 atom stereocenters. The standard InChI is InChI=1S/C13H11N3O3/c1-8-11(15-19-14-8)7-16-5-4-9-2-3-10(13(17)18)6-12(9)16/h2-6H,7H2,1H3,(H,17,18).